The number of urea groups is 1. The van der Waals surface area contributed by atoms with Crippen LogP contribution in [0.1, 0.15) is 37.9 Å². The van der Waals surface area contributed by atoms with Crippen LogP contribution >= 0.6 is 0 Å². The smallest absolute Gasteiger partial charge is 0.318 e. The minimum absolute atomic E-state index is 0.0201. The van der Waals surface area contributed by atoms with E-state index in [1.807, 2.05) is 58.0 Å². The standard InChI is InChI=1S/C22H29N3O5/c1-5-23-22(27)25(15(2)3)13-21(26)24(12-18-8-6-16(4)30-18)11-17-7-9-19-20(10-17)29-14-28-19/h6-10,15H,5,11-14H2,1-4H3,(H,23,27). The van der Waals surface area contributed by atoms with Gasteiger partial charge < -0.3 is 29.0 Å². The van der Waals surface area contributed by atoms with Gasteiger partial charge >= 0.3 is 6.03 Å². The highest BCUT2D eigenvalue weighted by Gasteiger charge is 2.25. The Morgan fingerprint density at radius 1 is 1.10 bits per heavy atom. The SMILES string of the molecule is CCNC(=O)N(CC(=O)N(Cc1ccc2c(c1)OCO2)Cc1ccc(C)o1)C(C)C. The Bertz CT molecular complexity index is 893. The summed E-state index contributed by atoms with van der Waals surface area (Å²) in [6.07, 6.45) is 0. The lowest BCUT2D eigenvalue weighted by Gasteiger charge is -2.30. The average molecular weight is 415 g/mol. The molecule has 8 heteroatoms. The van der Waals surface area contributed by atoms with Crippen LogP contribution in [0.5, 0.6) is 11.5 Å². The maximum atomic E-state index is 13.2. The van der Waals surface area contributed by atoms with Gasteiger partial charge in [-0.15, -0.1) is 0 Å². The topological polar surface area (TPSA) is 84.3 Å². The van der Waals surface area contributed by atoms with Crippen molar-refractivity contribution in [3.8, 4) is 11.5 Å². The van der Waals surface area contributed by atoms with Crippen LogP contribution in [-0.2, 0) is 17.9 Å². The third-order valence-corrected chi connectivity index (χ3v) is 4.82. The summed E-state index contributed by atoms with van der Waals surface area (Å²) in [5.74, 6) is 2.67. The monoisotopic (exact) mass is 415 g/mol. The third-order valence-electron chi connectivity index (χ3n) is 4.82. The number of aryl methyl sites for hydroxylation is 1. The molecule has 0 spiro atoms. The summed E-state index contributed by atoms with van der Waals surface area (Å²) in [5.41, 5.74) is 0.907. The maximum absolute atomic E-state index is 13.2. The Kier molecular flexibility index (Phi) is 6.87. The van der Waals surface area contributed by atoms with Crippen molar-refractivity contribution in [3.63, 3.8) is 0 Å². The van der Waals surface area contributed by atoms with E-state index in [4.69, 9.17) is 13.9 Å². The molecule has 0 unspecified atom stereocenters. The molecule has 0 bridgehead atoms. The molecule has 30 heavy (non-hydrogen) atoms. The van der Waals surface area contributed by atoms with Gasteiger partial charge in [-0.3, -0.25) is 4.79 Å². The molecular weight excluding hydrogens is 386 g/mol. The molecule has 1 aliphatic heterocycles. The number of carbonyl (C=O) groups excluding carboxylic acids is 2. The van der Waals surface area contributed by atoms with Crippen molar-refractivity contribution >= 4 is 11.9 Å². The number of fused-ring (bicyclic) bond motifs is 1. The number of hydrogen-bond acceptors (Lipinski definition) is 5. The number of furan rings is 1. The van der Waals surface area contributed by atoms with Crippen LogP contribution in [0, 0.1) is 6.92 Å². The van der Waals surface area contributed by atoms with Gasteiger partial charge in [0, 0.05) is 19.1 Å². The summed E-state index contributed by atoms with van der Waals surface area (Å²) in [7, 11) is 0. The molecule has 0 saturated heterocycles. The first-order valence-electron chi connectivity index (χ1n) is 10.1. The Morgan fingerprint density at radius 2 is 1.87 bits per heavy atom. The highest BCUT2D eigenvalue weighted by atomic mass is 16.7. The average Bonchev–Trinajstić information content (AvgIpc) is 3.33. The van der Waals surface area contributed by atoms with Crippen LogP contribution in [0.4, 0.5) is 4.79 Å². The lowest BCUT2D eigenvalue weighted by Crippen LogP contribution is -2.49. The summed E-state index contributed by atoms with van der Waals surface area (Å²) in [6.45, 7) is 8.84. The summed E-state index contributed by atoms with van der Waals surface area (Å²) in [5, 5.41) is 2.77. The molecule has 3 rings (SSSR count). The second-order valence-electron chi connectivity index (χ2n) is 7.51. The van der Waals surface area contributed by atoms with Crippen LogP contribution in [0.2, 0.25) is 0 Å². The van der Waals surface area contributed by atoms with Crippen LogP contribution in [0.3, 0.4) is 0 Å². The summed E-state index contributed by atoms with van der Waals surface area (Å²) in [4.78, 5) is 28.8. The largest absolute Gasteiger partial charge is 0.464 e. The van der Waals surface area contributed by atoms with Crippen molar-refractivity contribution in [2.45, 2.75) is 46.8 Å². The van der Waals surface area contributed by atoms with E-state index in [9.17, 15) is 9.59 Å². The molecule has 0 fully saturated rings. The number of ether oxygens (including phenoxy) is 2. The Hall–Kier alpha value is -3.16. The minimum Gasteiger partial charge on any atom is -0.464 e. The number of nitrogens with one attached hydrogen (secondary N) is 1. The number of benzene rings is 1. The number of hydrogen-bond donors (Lipinski definition) is 1. The minimum atomic E-state index is -0.252. The summed E-state index contributed by atoms with van der Waals surface area (Å²) < 4.78 is 16.5. The molecule has 162 valence electrons. The van der Waals surface area contributed by atoms with Crippen molar-refractivity contribution in [2.24, 2.45) is 0 Å². The fourth-order valence-corrected chi connectivity index (χ4v) is 3.24. The van der Waals surface area contributed by atoms with Crippen molar-refractivity contribution < 1.29 is 23.5 Å². The normalized spacial score (nSPS) is 12.2. The Labute approximate surface area is 176 Å². The van der Waals surface area contributed by atoms with Gasteiger partial charge in [0.1, 0.15) is 18.1 Å². The predicted molar refractivity (Wildman–Crippen MR) is 111 cm³/mol. The number of amides is 3. The molecule has 3 amide bonds. The first-order valence-corrected chi connectivity index (χ1v) is 10.1. The third kappa shape index (κ3) is 5.25. The Morgan fingerprint density at radius 3 is 2.53 bits per heavy atom. The molecule has 8 nitrogen and oxygen atoms in total. The first kappa shape index (κ1) is 21.5. The van der Waals surface area contributed by atoms with E-state index < -0.39 is 0 Å². The van der Waals surface area contributed by atoms with E-state index in [2.05, 4.69) is 5.32 Å². The van der Waals surface area contributed by atoms with Gasteiger partial charge in [-0.1, -0.05) is 6.07 Å². The molecule has 0 atom stereocenters. The molecule has 1 aliphatic rings. The predicted octanol–water partition coefficient (Wildman–Crippen LogP) is 3.29. The van der Waals surface area contributed by atoms with Crippen LogP contribution in [0.25, 0.3) is 0 Å². The lowest BCUT2D eigenvalue weighted by molar-refractivity contribution is -0.133. The highest BCUT2D eigenvalue weighted by Crippen LogP contribution is 2.33. The van der Waals surface area contributed by atoms with Crippen molar-refractivity contribution in [2.75, 3.05) is 19.9 Å². The number of rotatable bonds is 8. The van der Waals surface area contributed by atoms with Gasteiger partial charge in [0.2, 0.25) is 12.7 Å². The number of nitrogens with zero attached hydrogens (tertiary/aromatic N) is 2. The highest BCUT2D eigenvalue weighted by molar-refractivity contribution is 5.84. The molecule has 1 N–H and O–H groups in total. The van der Waals surface area contributed by atoms with Gasteiger partial charge in [-0.25, -0.2) is 4.79 Å². The van der Waals surface area contributed by atoms with Gasteiger partial charge in [0.05, 0.1) is 6.54 Å². The van der Waals surface area contributed by atoms with E-state index in [-0.39, 0.29) is 31.3 Å². The van der Waals surface area contributed by atoms with Crippen molar-refractivity contribution in [1.29, 1.82) is 0 Å². The van der Waals surface area contributed by atoms with Gasteiger partial charge in [0.25, 0.3) is 0 Å². The van der Waals surface area contributed by atoms with E-state index in [1.165, 1.54) is 4.90 Å². The number of carbonyl (C=O) groups is 2. The van der Waals surface area contributed by atoms with Crippen LogP contribution in [0.15, 0.2) is 34.7 Å². The zero-order chi connectivity index (χ0) is 21.7. The first-order chi connectivity index (χ1) is 14.4. The maximum Gasteiger partial charge on any atom is 0.318 e. The van der Waals surface area contributed by atoms with E-state index in [0.717, 1.165) is 11.3 Å². The second kappa shape index (κ2) is 9.56. The fourth-order valence-electron chi connectivity index (χ4n) is 3.24. The fraction of sp³-hybridized carbons (Fsp3) is 0.455. The van der Waals surface area contributed by atoms with Gasteiger partial charge in [-0.05, 0) is 57.5 Å². The van der Waals surface area contributed by atoms with Crippen LogP contribution in [-0.4, -0.2) is 47.7 Å². The quantitative estimate of drug-likeness (QED) is 0.715. The van der Waals surface area contributed by atoms with E-state index >= 15 is 0 Å². The molecular formula is C22H29N3O5. The lowest BCUT2D eigenvalue weighted by atomic mass is 10.1. The Balaban J connectivity index is 1.79. The second-order valence-corrected chi connectivity index (χ2v) is 7.51. The van der Waals surface area contributed by atoms with E-state index in [0.29, 0.717) is 36.9 Å². The van der Waals surface area contributed by atoms with Crippen molar-refractivity contribution in [1.82, 2.24) is 15.1 Å². The summed E-state index contributed by atoms with van der Waals surface area (Å²) >= 11 is 0. The molecule has 1 aromatic heterocycles. The zero-order valence-electron chi connectivity index (χ0n) is 17.9. The summed E-state index contributed by atoms with van der Waals surface area (Å²) in [6, 6.07) is 8.99. The van der Waals surface area contributed by atoms with Gasteiger partial charge in [0.15, 0.2) is 11.5 Å². The van der Waals surface area contributed by atoms with Crippen molar-refractivity contribution in [3.05, 3.63) is 47.4 Å². The van der Waals surface area contributed by atoms with Crippen LogP contribution < -0.4 is 14.8 Å². The van der Waals surface area contributed by atoms with E-state index in [1.54, 1.807) is 4.90 Å². The molecule has 2 heterocycles. The zero-order valence-corrected chi connectivity index (χ0v) is 17.9. The molecule has 1 aromatic carbocycles. The molecule has 2 aromatic rings. The molecule has 0 radical (unpaired) electrons. The van der Waals surface area contributed by atoms with Gasteiger partial charge in [-0.2, -0.15) is 0 Å². The molecule has 0 saturated carbocycles. The molecule has 0 aliphatic carbocycles.